The van der Waals surface area contributed by atoms with Crippen LogP contribution in [0.25, 0.3) is 22.4 Å². The molecule has 6 nitrogen and oxygen atoms in total. The molecule has 31 heavy (non-hydrogen) atoms. The Bertz CT molecular complexity index is 1200. The molecule has 2 heterocycles. The van der Waals surface area contributed by atoms with Gasteiger partial charge in [-0.05, 0) is 67.5 Å². The third kappa shape index (κ3) is 3.82. The Balaban J connectivity index is 1.49. The number of nitrogens with one attached hydrogen (secondary N) is 1. The number of fused-ring (bicyclic) bond motifs is 1. The van der Waals surface area contributed by atoms with Crippen LogP contribution in [0, 0.1) is 5.92 Å². The van der Waals surface area contributed by atoms with E-state index in [1.54, 1.807) is 18.3 Å². The molecule has 2 aromatic carbocycles. The summed E-state index contributed by atoms with van der Waals surface area (Å²) < 4.78 is 6.20. The van der Waals surface area contributed by atoms with Crippen molar-refractivity contribution in [2.45, 2.75) is 25.2 Å². The predicted molar refractivity (Wildman–Crippen MR) is 118 cm³/mol. The van der Waals surface area contributed by atoms with Gasteiger partial charge in [0.05, 0.1) is 11.0 Å². The Morgan fingerprint density at radius 1 is 1.13 bits per heavy atom. The third-order valence-electron chi connectivity index (χ3n) is 6.05. The first kappa shape index (κ1) is 19.5. The summed E-state index contributed by atoms with van der Waals surface area (Å²) in [5.74, 6) is 2.45. The van der Waals surface area contributed by atoms with E-state index in [1.807, 2.05) is 42.5 Å². The van der Waals surface area contributed by atoms with Crippen LogP contribution in [0.5, 0.6) is 11.6 Å². The minimum Gasteiger partial charge on any atom is -0.439 e. The lowest BCUT2D eigenvalue weighted by molar-refractivity contribution is 0.112. The van der Waals surface area contributed by atoms with Gasteiger partial charge < -0.3 is 14.8 Å². The topological polar surface area (TPSA) is 88.1 Å². The lowest BCUT2D eigenvalue weighted by atomic mass is 9.97. The van der Waals surface area contributed by atoms with Crippen molar-refractivity contribution < 1.29 is 14.6 Å². The van der Waals surface area contributed by atoms with Gasteiger partial charge in [0.25, 0.3) is 0 Å². The van der Waals surface area contributed by atoms with E-state index >= 15 is 0 Å². The minimum absolute atomic E-state index is 0.223. The van der Waals surface area contributed by atoms with Crippen molar-refractivity contribution in [3.63, 3.8) is 0 Å². The average molecular weight is 413 g/mol. The summed E-state index contributed by atoms with van der Waals surface area (Å²) in [4.78, 5) is 24.0. The van der Waals surface area contributed by atoms with Crippen molar-refractivity contribution in [3.05, 3.63) is 71.9 Å². The maximum absolute atomic E-state index is 11.7. The van der Waals surface area contributed by atoms with Crippen LogP contribution >= 0.6 is 0 Å². The van der Waals surface area contributed by atoms with Crippen LogP contribution < -0.4 is 4.74 Å². The monoisotopic (exact) mass is 413 g/mol. The van der Waals surface area contributed by atoms with E-state index in [0.29, 0.717) is 40.4 Å². The van der Waals surface area contributed by atoms with Crippen molar-refractivity contribution in [1.82, 2.24) is 15.0 Å². The standard InChI is InChI=1S/C25H23N3O3/c29-14-16-7-8-17(12-16)20-4-3-11-26-25(20)31-19-10-9-18(15-30)21(13-19)24-27-22-5-1-2-6-23(22)28-24/h1-6,9-11,13,15-17,29H,7-8,12,14H2,(H,27,28)/t16-,17+/m1/s1. The highest BCUT2D eigenvalue weighted by atomic mass is 16.5. The number of hydrogen-bond donors (Lipinski definition) is 2. The van der Waals surface area contributed by atoms with Gasteiger partial charge in [0.1, 0.15) is 11.6 Å². The number of aromatic nitrogens is 3. The van der Waals surface area contributed by atoms with Crippen molar-refractivity contribution >= 4 is 17.3 Å². The van der Waals surface area contributed by atoms with Crippen LogP contribution in [0.4, 0.5) is 0 Å². The Hall–Kier alpha value is -3.51. The first-order valence-corrected chi connectivity index (χ1v) is 10.5. The lowest BCUT2D eigenvalue weighted by Crippen LogP contribution is -2.02. The molecule has 1 saturated carbocycles. The van der Waals surface area contributed by atoms with Gasteiger partial charge in [-0.2, -0.15) is 0 Å². The van der Waals surface area contributed by atoms with E-state index in [1.165, 1.54) is 0 Å². The normalized spacial score (nSPS) is 18.4. The molecule has 0 bridgehead atoms. The van der Waals surface area contributed by atoms with E-state index in [9.17, 15) is 9.90 Å². The van der Waals surface area contributed by atoms with Crippen LogP contribution in [0.2, 0.25) is 0 Å². The number of aliphatic hydroxyl groups excluding tert-OH is 1. The number of imidazole rings is 1. The van der Waals surface area contributed by atoms with Gasteiger partial charge >= 0.3 is 0 Å². The van der Waals surface area contributed by atoms with E-state index in [2.05, 4.69) is 15.0 Å². The van der Waals surface area contributed by atoms with E-state index in [4.69, 9.17) is 4.74 Å². The zero-order valence-corrected chi connectivity index (χ0v) is 17.0. The number of H-pyrrole nitrogens is 1. The quantitative estimate of drug-likeness (QED) is 0.429. The zero-order valence-electron chi connectivity index (χ0n) is 17.0. The van der Waals surface area contributed by atoms with Gasteiger partial charge in [0.2, 0.25) is 5.88 Å². The molecule has 1 aliphatic carbocycles. The largest absolute Gasteiger partial charge is 0.439 e. The van der Waals surface area contributed by atoms with E-state index in [0.717, 1.165) is 42.1 Å². The number of pyridine rings is 1. The number of hydrogen-bond acceptors (Lipinski definition) is 5. The molecule has 6 heteroatoms. The maximum atomic E-state index is 11.7. The molecule has 0 saturated heterocycles. The number of rotatable bonds is 6. The first-order valence-electron chi connectivity index (χ1n) is 10.5. The highest BCUT2D eigenvalue weighted by molar-refractivity contribution is 5.89. The fraction of sp³-hybridized carbons (Fsp3) is 0.240. The highest BCUT2D eigenvalue weighted by Gasteiger charge is 2.28. The predicted octanol–water partition coefficient (Wildman–Crippen LogP) is 5.11. The molecule has 2 aromatic heterocycles. The summed E-state index contributed by atoms with van der Waals surface area (Å²) >= 11 is 0. The average Bonchev–Trinajstić information content (AvgIpc) is 3.46. The summed E-state index contributed by atoms with van der Waals surface area (Å²) in [6.07, 6.45) is 5.51. The zero-order chi connectivity index (χ0) is 21.2. The Morgan fingerprint density at radius 2 is 2.03 bits per heavy atom. The number of nitrogens with zero attached hydrogens (tertiary/aromatic N) is 2. The number of benzene rings is 2. The van der Waals surface area contributed by atoms with Crippen LogP contribution in [-0.4, -0.2) is 33.0 Å². The van der Waals surface area contributed by atoms with E-state index < -0.39 is 0 Å². The molecule has 0 spiro atoms. The van der Waals surface area contributed by atoms with Crippen molar-refractivity contribution in [1.29, 1.82) is 0 Å². The summed E-state index contributed by atoms with van der Waals surface area (Å²) in [5.41, 5.74) is 4.03. The molecule has 1 fully saturated rings. The second-order valence-electron chi connectivity index (χ2n) is 8.03. The summed E-state index contributed by atoms with van der Waals surface area (Å²) in [6, 6.07) is 17.1. The van der Waals surface area contributed by atoms with E-state index in [-0.39, 0.29) is 6.61 Å². The molecule has 2 N–H and O–H groups in total. The second kappa shape index (κ2) is 8.32. The summed E-state index contributed by atoms with van der Waals surface area (Å²) in [7, 11) is 0. The van der Waals surface area contributed by atoms with Gasteiger partial charge in [-0.3, -0.25) is 4.79 Å². The third-order valence-corrected chi connectivity index (χ3v) is 6.05. The fourth-order valence-electron chi connectivity index (χ4n) is 4.42. The Kier molecular flexibility index (Phi) is 5.22. The molecule has 1 aliphatic rings. The highest BCUT2D eigenvalue weighted by Crippen LogP contribution is 2.42. The number of carbonyl (C=O) groups excluding carboxylic acids is 1. The number of aromatic amines is 1. The number of para-hydroxylation sites is 2. The first-order chi connectivity index (χ1) is 15.2. The molecule has 5 rings (SSSR count). The van der Waals surface area contributed by atoms with Gasteiger partial charge in [-0.15, -0.1) is 0 Å². The van der Waals surface area contributed by atoms with Crippen LogP contribution in [-0.2, 0) is 0 Å². The Morgan fingerprint density at radius 3 is 2.84 bits per heavy atom. The molecular weight excluding hydrogens is 390 g/mol. The lowest BCUT2D eigenvalue weighted by Gasteiger charge is -2.15. The molecular formula is C25H23N3O3. The van der Waals surface area contributed by atoms with Crippen LogP contribution in [0.1, 0.15) is 41.1 Å². The minimum atomic E-state index is 0.223. The van der Waals surface area contributed by atoms with Gasteiger partial charge in [0.15, 0.2) is 6.29 Å². The molecule has 0 unspecified atom stereocenters. The molecule has 0 amide bonds. The molecule has 0 aliphatic heterocycles. The SMILES string of the molecule is O=Cc1ccc(Oc2ncccc2[C@H]2CC[C@@H](CO)C2)cc1-c1nc2ccccc2[nH]1. The summed E-state index contributed by atoms with van der Waals surface area (Å²) in [6.45, 7) is 0.223. The number of aliphatic hydroxyl groups is 1. The van der Waals surface area contributed by atoms with Crippen molar-refractivity contribution in [2.75, 3.05) is 6.61 Å². The summed E-state index contributed by atoms with van der Waals surface area (Å²) in [5, 5.41) is 9.49. The number of ether oxygens (including phenoxy) is 1. The smallest absolute Gasteiger partial charge is 0.222 e. The van der Waals surface area contributed by atoms with Crippen molar-refractivity contribution in [3.8, 4) is 23.0 Å². The molecule has 0 radical (unpaired) electrons. The molecule has 156 valence electrons. The number of aldehydes is 1. The molecule has 4 aromatic rings. The number of carbonyl (C=O) groups is 1. The van der Waals surface area contributed by atoms with Gasteiger partial charge in [-0.1, -0.05) is 18.2 Å². The molecule has 2 atom stereocenters. The van der Waals surface area contributed by atoms with Gasteiger partial charge in [0, 0.05) is 29.5 Å². The van der Waals surface area contributed by atoms with Crippen molar-refractivity contribution in [2.24, 2.45) is 5.92 Å². The van der Waals surface area contributed by atoms with Crippen LogP contribution in [0.15, 0.2) is 60.8 Å². The Labute approximate surface area is 179 Å². The fourth-order valence-corrected chi connectivity index (χ4v) is 4.42. The maximum Gasteiger partial charge on any atom is 0.222 e. The van der Waals surface area contributed by atoms with Crippen LogP contribution in [0.3, 0.4) is 0 Å². The second-order valence-corrected chi connectivity index (χ2v) is 8.03. The van der Waals surface area contributed by atoms with Gasteiger partial charge in [-0.25, -0.2) is 9.97 Å².